The van der Waals surface area contributed by atoms with Gasteiger partial charge in [-0.15, -0.1) is 0 Å². The van der Waals surface area contributed by atoms with Gasteiger partial charge in [0.2, 0.25) is 0 Å². The van der Waals surface area contributed by atoms with E-state index in [1.807, 2.05) is 30.3 Å². The highest BCUT2D eigenvalue weighted by Crippen LogP contribution is 2.22. The number of carbonyl (C=O) groups is 2. The summed E-state index contributed by atoms with van der Waals surface area (Å²) in [4.78, 5) is 36.8. The van der Waals surface area contributed by atoms with Crippen LogP contribution in [0.25, 0.3) is 0 Å². The van der Waals surface area contributed by atoms with Crippen molar-refractivity contribution in [2.24, 2.45) is 0 Å². The fourth-order valence-electron chi connectivity index (χ4n) is 2.52. The Morgan fingerprint density at radius 3 is 2.46 bits per heavy atom. The molecule has 7 nitrogen and oxygen atoms in total. The number of hydrogen-bond donors (Lipinski definition) is 0. The predicted molar refractivity (Wildman–Crippen MR) is 95.6 cm³/mol. The molecule has 26 heavy (non-hydrogen) atoms. The predicted octanol–water partition coefficient (Wildman–Crippen LogP) is 3.11. The average molecular weight is 356 g/mol. The molecule has 0 saturated heterocycles. The maximum atomic E-state index is 13.0. The number of nitro benzene ring substituents is 1. The average Bonchev–Trinajstić information content (AvgIpc) is 2.61. The quantitative estimate of drug-likeness (QED) is 0.432. The lowest BCUT2D eigenvalue weighted by molar-refractivity contribution is -0.385. The third kappa shape index (κ3) is 4.89. The van der Waals surface area contributed by atoms with E-state index in [2.05, 4.69) is 0 Å². The summed E-state index contributed by atoms with van der Waals surface area (Å²) >= 11 is 0. The van der Waals surface area contributed by atoms with Gasteiger partial charge >= 0.3 is 5.97 Å². The van der Waals surface area contributed by atoms with E-state index in [1.54, 1.807) is 19.9 Å². The van der Waals surface area contributed by atoms with Crippen molar-refractivity contribution in [2.75, 3.05) is 13.2 Å². The van der Waals surface area contributed by atoms with Gasteiger partial charge in [-0.2, -0.15) is 0 Å². The highest BCUT2D eigenvalue weighted by molar-refractivity contribution is 5.99. The van der Waals surface area contributed by atoms with Crippen LogP contribution in [0.15, 0.2) is 48.5 Å². The van der Waals surface area contributed by atoms with Gasteiger partial charge in [-0.25, -0.2) is 0 Å². The number of aryl methyl sites for hydroxylation is 1. The van der Waals surface area contributed by atoms with E-state index < -0.39 is 16.8 Å². The molecule has 0 bridgehead atoms. The van der Waals surface area contributed by atoms with Crippen LogP contribution in [0.5, 0.6) is 0 Å². The first-order valence-electron chi connectivity index (χ1n) is 8.16. The minimum atomic E-state index is -0.599. The zero-order valence-corrected chi connectivity index (χ0v) is 14.7. The molecule has 2 aromatic carbocycles. The molecule has 7 heteroatoms. The minimum Gasteiger partial charge on any atom is -0.465 e. The molecular weight excluding hydrogens is 336 g/mol. The van der Waals surface area contributed by atoms with E-state index in [4.69, 9.17) is 4.74 Å². The summed E-state index contributed by atoms with van der Waals surface area (Å²) in [5, 5.41) is 11.3. The molecule has 0 aliphatic rings. The number of esters is 1. The third-order valence-electron chi connectivity index (χ3n) is 3.71. The number of ether oxygens (including phenoxy) is 1. The van der Waals surface area contributed by atoms with Crippen LogP contribution in [0.3, 0.4) is 0 Å². The second-order valence-electron chi connectivity index (χ2n) is 5.73. The largest absolute Gasteiger partial charge is 0.465 e. The van der Waals surface area contributed by atoms with E-state index in [0.29, 0.717) is 0 Å². The molecule has 1 amide bonds. The van der Waals surface area contributed by atoms with E-state index in [1.165, 1.54) is 17.0 Å². The smallest absolute Gasteiger partial charge is 0.325 e. The zero-order chi connectivity index (χ0) is 19.1. The van der Waals surface area contributed by atoms with Crippen molar-refractivity contribution in [1.29, 1.82) is 0 Å². The van der Waals surface area contributed by atoms with Crippen LogP contribution in [0.2, 0.25) is 0 Å². The summed E-state index contributed by atoms with van der Waals surface area (Å²) in [6.07, 6.45) is 0. The molecule has 0 fully saturated rings. The first kappa shape index (κ1) is 19.1. The molecule has 2 aromatic rings. The van der Waals surface area contributed by atoms with Crippen molar-refractivity contribution in [3.63, 3.8) is 0 Å². The lowest BCUT2D eigenvalue weighted by Crippen LogP contribution is -2.36. The lowest BCUT2D eigenvalue weighted by Gasteiger charge is -2.22. The Labute approximate surface area is 151 Å². The molecule has 0 aliphatic carbocycles. The molecule has 0 aliphatic heterocycles. The molecule has 0 aromatic heterocycles. The van der Waals surface area contributed by atoms with Crippen LogP contribution in [-0.2, 0) is 16.1 Å². The van der Waals surface area contributed by atoms with Crippen molar-refractivity contribution in [3.05, 3.63) is 75.3 Å². The molecule has 0 N–H and O–H groups in total. The topological polar surface area (TPSA) is 89.8 Å². The second-order valence-corrected chi connectivity index (χ2v) is 5.73. The van der Waals surface area contributed by atoms with Crippen LogP contribution >= 0.6 is 0 Å². The Kier molecular flexibility index (Phi) is 6.43. The van der Waals surface area contributed by atoms with Gasteiger partial charge < -0.3 is 9.64 Å². The number of hydrogen-bond acceptors (Lipinski definition) is 5. The minimum absolute atomic E-state index is 0.0461. The van der Waals surface area contributed by atoms with Crippen LogP contribution < -0.4 is 0 Å². The molecule has 0 heterocycles. The normalized spacial score (nSPS) is 10.2. The van der Waals surface area contributed by atoms with Crippen LogP contribution in [0.1, 0.15) is 28.4 Å². The van der Waals surface area contributed by atoms with Crippen molar-refractivity contribution >= 4 is 17.6 Å². The molecule has 0 unspecified atom stereocenters. The summed E-state index contributed by atoms with van der Waals surface area (Å²) in [5.41, 5.74) is 1.19. The van der Waals surface area contributed by atoms with Crippen molar-refractivity contribution < 1.29 is 19.2 Å². The summed E-state index contributed by atoms with van der Waals surface area (Å²) < 4.78 is 4.93. The van der Waals surface area contributed by atoms with Gasteiger partial charge in [0.1, 0.15) is 12.1 Å². The summed E-state index contributed by atoms with van der Waals surface area (Å²) in [5.74, 6) is -1.15. The van der Waals surface area contributed by atoms with E-state index in [9.17, 15) is 19.7 Å². The van der Waals surface area contributed by atoms with E-state index >= 15 is 0 Å². The summed E-state index contributed by atoms with van der Waals surface area (Å²) in [6.45, 7) is 3.47. The van der Waals surface area contributed by atoms with Gasteiger partial charge in [0, 0.05) is 12.6 Å². The van der Waals surface area contributed by atoms with Gasteiger partial charge in [0.25, 0.3) is 11.6 Å². The van der Waals surface area contributed by atoms with Crippen molar-refractivity contribution in [1.82, 2.24) is 4.90 Å². The Balaban J connectivity index is 2.37. The third-order valence-corrected chi connectivity index (χ3v) is 3.71. The number of rotatable bonds is 7. The molecular formula is C19H20N2O5. The van der Waals surface area contributed by atoms with Gasteiger partial charge in [-0.05, 0) is 31.0 Å². The number of carbonyl (C=O) groups excluding carboxylic acids is 2. The van der Waals surface area contributed by atoms with Gasteiger partial charge in [-0.1, -0.05) is 36.4 Å². The van der Waals surface area contributed by atoms with Gasteiger partial charge in [0.05, 0.1) is 11.5 Å². The SMILES string of the molecule is CCOC(=O)CN(Cc1ccccc1)C(=O)c1cc(C)ccc1[N+](=O)[O-]. The highest BCUT2D eigenvalue weighted by atomic mass is 16.6. The highest BCUT2D eigenvalue weighted by Gasteiger charge is 2.26. The van der Waals surface area contributed by atoms with Crippen LogP contribution in [-0.4, -0.2) is 34.9 Å². The number of nitro groups is 1. The Morgan fingerprint density at radius 1 is 1.15 bits per heavy atom. The molecule has 0 spiro atoms. The maximum absolute atomic E-state index is 13.0. The van der Waals surface area contributed by atoms with Gasteiger partial charge in [-0.3, -0.25) is 19.7 Å². The molecule has 136 valence electrons. The molecule has 0 saturated carbocycles. The van der Waals surface area contributed by atoms with Crippen LogP contribution in [0, 0.1) is 17.0 Å². The van der Waals surface area contributed by atoms with Crippen LogP contribution in [0.4, 0.5) is 5.69 Å². The van der Waals surface area contributed by atoms with Crippen molar-refractivity contribution in [3.8, 4) is 0 Å². The number of benzene rings is 2. The standard InChI is InChI=1S/C19H20N2O5/c1-3-26-18(22)13-20(12-15-7-5-4-6-8-15)19(23)16-11-14(2)9-10-17(16)21(24)25/h4-11H,3,12-13H2,1-2H3. The number of nitrogens with zero attached hydrogens (tertiary/aromatic N) is 2. The van der Waals surface area contributed by atoms with E-state index in [-0.39, 0.29) is 30.9 Å². The molecule has 0 radical (unpaired) electrons. The fourth-order valence-corrected chi connectivity index (χ4v) is 2.52. The summed E-state index contributed by atoms with van der Waals surface area (Å²) in [6, 6.07) is 13.4. The molecule has 2 rings (SSSR count). The monoisotopic (exact) mass is 356 g/mol. The Bertz CT molecular complexity index is 805. The molecule has 0 atom stereocenters. The zero-order valence-electron chi connectivity index (χ0n) is 14.7. The Hall–Kier alpha value is -3.22. The second kappa shape index (κ2) is 8.75. The summed E-state index contributed by atoms with van der Waals surface area (Å²) in [7, 11) is 0. The maximum Gasteiger partial charge on any atom is 0.325 e. The lowest BCUT2D eigenvalue weighted by atomic mass is 10.1. The van der Waals surface area contributed by atoms with Gasteiger partial charge in [0.15, 0.2) is 0 Å². The number of amides is 1. The Morgan fingerprint density at radius 2 is 1.85 bits per heavy atom. The first-order valence-corrected chi connectivity index (χ1v) is 8.16. The van der Waals surface area contributed by atoms with Crippen molar-refractivity contribution in [2.45, 2.75) is 20.4 Å². The fraction of sp³-hybridized carbons (Fsp3) is 0.263. The first-order chi connectivity index (χ1) is 12.4. The van der Waals surface area contributed by atoms with E-state index in [0.717, 1.165) is 11.1 Å².